The summed E-state index contributed by atoms with van der Waals surface area (Å²) in [6.07, 6.45) is 0.603. The highest BCUT2D eigenvalue weighted by Crippen LogP contribution is 2.20. The lowest BCUT2D eigenvalue weighted by Gasteiger charge is -2.12. The Bertz CT molecular complexity index is 502. The standard InChI is InChI=1S/C10H14N2O3S2/c1-8(5-6-15-2)12-17(13,14)10-4-3-9(7-11)16-10/h3-4,8,12H,5-6H2,1-2H3. The summed E-state index contributed by atoms with van der Waals surface area (Å²) in [5.41, 5.74) is 0. The molecule has 7 heteroatoms. The van der Waals surface area contributed by atoms with Gasteiger partial charge in [0.05, 0.1) is 0 Å². The number of hydrogen-bond acceptors (Lipinski definition) is 5. The van der Waals surface area contributed by atoms with Gasteiger partial charge >= 0.3 is 0 Å². The van der Waals surface area contributed by atoms with E-state index in [2.05, 4.69) is 4.72 Å². The Labute approximate surface area is 105 Å². The summed E-state index contributed by atoms with van der Waals surface area (Å²) in [6, 6.07) is 4.65. The summed E-state index contributed by atoms with van der Waals surface area (Å²) < 4.78 is 31.4. The van der Waals surface area contributed by atoms with Gasteiger partial charge in [0.25, 0.3) is 0 Å². The second-order valence-corrected chi connectivity index (χ2v) is 6.56. The number of hydrogen-bond donors (Lipinski definition) is 1. The molecule has 1 aromatic rings. The zero-order chi connectivity index (χ0) is 12.9. The van der Waals surface area contributed by atoms with Crippen molar-refractivity contribution in [2.75, 3.05) is 13.7 Å². The van der Waals surface area contributed by atoms with E-state index in [0.29, 0.717) is 17.9 Å². The average molecular weight is 274 g/mol. The third-order valence-corrected chi connectivity index (χ3v) is 5.14. The van der Waals surface area contributed by atoms with E-state index in [0.717, 1.165) is 11.3 Å². The SMILES string of the molecule is COCCC(C)NS(=O)(=O)c1ccc(C#N)s1. The number of nitrogens with zero attached hydrogens (tertiary/aromatic N) is 1. The fraction of sp³-hybridized carbons (Fsp3) is 0.500. The highest BCUT2D eigenvalue weighted by molar-refractivity contribution is 7.91. The molecule has 1 heterocycles. The Hall–Kier alpha value is -0.940. The summed E-state index contributed by atoms with van der Waals surface area (Å²) >= 11 is 0.963. The van der Waals surface area contributed by atoms with Crippen molar-refractivity contribution in [1.82, 2.24) is 4.72 Å². The molecule has 0 aliphatic heterocycles. The van der Waals surface area contributed by atoms with Gasteiger partial charge in [-0.15, -0.1) is 11.3 Å². The minimum Gasteiger partial charge on any atom is -0.385 e. The van der Waals surface area contributed by atoms with Crippen molar-refractivity contribution in [3.05, 3.63) is 17.0 Å². The molecule has 0 aliphatic carbocycles. The predicted octanol–water partition coefficient (Wildman–Crippen LogP) is 1.32. The number of ether oxygens (including phenoxy) is 1. The molecule has 0 spiro atoms. The fourth-order valence-electron chi connectivity index (χ4n) is 1.20. The molecule has 0 aromatic carbocycles. The van der Waals surface area contributed by atoms with E-state index in [-0.39, 0.29) is 10.3 Å². The van der Waals surface area contributed by atoms with E-state index in [9.17, 15) is 8.42 Å². The minimum absolute atomic E-state index is 0.165. The highest BCUT2D eigenvalue weighted by Gasteiger charge is 2.19. The summed E-state index contributed by atoms with van der Waals surface area (Å²) in [7, 11) is -1.95. The summed E-state index contributed by atoms with van der Waals surface area (Å²) in [5, 5.41) is 8.64. The van der Waals surface area contributed by atoms with Gasteiger partial charge in [0, 0.05) is 19.8 Å². The number of sulfonamides is 1. The molecule has 5 nitrogen and oxygen atoms in total. The van der Waals surface area contributed by atoms with Gasteiger partial charge in [-0.3, -0.25) is 0 Å². The lowest BCUT2D eigenvalue weighted by Crippen LogP contribution is -2.32. The van der Waals surface area contributed by atoms with Crippen molar-refractivity contribution in [2.45, 2.75) is 23.6 Å². The summed E-state index contributed by atoms with van der Waals surface area (Å²) in [4.78, 5) is 0.384. The number of nitrogens with one attached hydrogen (secondary N) is 1. The Morgan fingerprint density at radius 3 is 2.82 bits per heavy atom. The molecule has 0 saturated carbocycles. The molecule has 0 fully saturated rings. The molecule has 1 unspecified atom stereocenters. The molecule has 1 aromatic heterocycles. The van der Waals surface area contributed by atoms with Crippen molar-refractivity contribution >= 4 is 21.4 Å². The predicted molar refractivity (Wildman–Crippen MR) is 65.3 cm³/mol. The third kappa shape index (κ3) is 4.09. The zero-order valence-corrected chi connectivity index (χ0v) is 11.3. The van der Waals surface area contributed by atoms with Crippen LogP contribution in [0.1, 0.15) is 18.2 Å². The normalized spacial score (nSPS) is 13.2. The maximum Gasteiger partial charge on any atom is 0.250 e. The Morgan fingerprint density at radius 2 is 2.29 bits per heavy atom. The topological polar surface area (TPSA) is 79.2 Å². The molecular formula is C10H14N2O3S2. The van der Waals surface area contributed by atoms with Crippen LogP contribution >= 0.6 is 11.3 Å². The highest BCUT2D eigenvalue weighted by atomic mass is 32.2. The molecule has 0 radical (unpaired) electrons. The van der Waals surface area contributed by atoms with Gasteiger partial charge in [0.2, 0.25) is 10.0 Å². The molecule has 0 amide bonds. The van der Waals surface area contributed by atoms with Crippen molar-refractivity contribution in [1.29, 1.82) is 5.26 Å². The van der Waals surface area contributed by atoms with Crippen LogP contribution in [-0.2, 0) is 14.8 Å². The van der Waals surface area contributed by atoms with Crippen molar-refractivity contribution in [3.63, 3.8) is 0 Å². The first-order chi connectivity index (χ1) is 7.99. The first-order valence-electron chi connectivity index (χ1n) is 5.01. The van der Waals surface area contributed by atoms with Crippen molar-refractivity contribution in [2.24, 2.45) is 0 Å². The Kier molecular flexibility index (Phi) is 5.08. The van der Waals surface area contributed by atoms with Gasteiger partial charge in [-0.05, 0) is 25.5 Å². The summed E-state index contributed by atoms with van der Waals surface area (Å²) in [5.74, 6) is 0. The second kappa shape index (κ2) is 6.12. The van der Waals surface area contributed by atoms with Gasteiger partial charge in [-0.2, -0.15) is 5.26 Å². The van der Waals surface area contributed by atoms with Gasteiger partial charge in [0.1, 0.15) is 15.2 Å². The van der Waals surface area contributed by atoms with Crippen LogP contribution in [0.15, 0.2) is 16.3 Å². The smallest absolute Gasteiger partial charge is 0.250 e. The number of thiophene rings is 1. The molecule has 0 aliphatic rings. The van der Waals surface area contributed by atoms with Crippen LogP contribution in [0, 0.1) is 11.3 Å². The van der Waals surface area contributed by atoms with Crippen LogP contribution in [-0.4, -0.2) is 28.2 Å². The first-order valence-corrected chi connectivity index (χ1v) is 7.30. The first kappa shape index (κ1) is 14.1. The molecule has 0 saturated heterocycles. The van der Waals surface area contributed by atoms with E-state index in [4.69, 9.17) is 10.00 Å². The van der Waals surface area contributed by atoms with E-state index in [1.165, 1.54) is 12.1 Å². The maximum absolute atomic E-state index is 11.9. The summed E-state index contributed by atoms with van der Waals surface area (Å²) in [6.45, 7) is 2.27. The molecule has 1 rings (SSSR count). The van der Waals surface area contributed by atoms with Crippen molar-refractivity contribution in [3.8, 4) is 6.07 Å². The van der Waals surface area contributed by atoms with Gasteiger partial charge in [-0.1, -0.05) is 0 Å². The number of nitriles is 1. The van der Waals surface area contributed by atoms with Gasteiger partial charge in [0.15, 0.2) is 0 Å². The van der Waals surface area contributed by atoms with Crippen molar-refractivity contribution < 1.29 is 13.2 Å². The fourth-order valence-corrected chi connectivity index (χ4v) is 3.60. The molecule has 1 atom stereocenters. The Balaban J connectivity index is 2.72. The van der Waals surface area contributed by atoms with Gasteiger partial charge in [-0.25, -0.2) is 13.1 Å². The van der Waals surface area contributed by atoms with Gasteiger partial charge < -0.3 is 4.74 Å². The monoisotopic (exact) mass is 274 g/mol. The quantitative estimate of drug-likeness (QED) is 0.848. The van der Waals surface area contributed by atoms with Crippen LogP contribution in [0.2, 0.25) is 0 Å². The molecule has 17 heavy (non-hydrogen) atoms. The van der Waals surface area contributed by atoms with E-state index >= 15 is 0 Å². The average Bonchev–Trinajstić information content (AvgIpc) is 2.75. The lowest BCUT2D eigenvalue weighted by molar-refractivity contribution is 0.188. The zero-order valence-electron chi connectivity index (χ0n) is 9.63. The van der Waals surface area contributed by atoms with E-state index in [1.54, 1.807) is 14.0 Å². The molecule has 0 bridgehead atoms. The molecular weight excluding hydrogens is 260 g/mol. The second-order valence-electron chi connectivity index (χ2n) is 3.53. The molecule has 94 valence electrons. The lowest BCUT2D eigenvalue weighted by atomic mass is 10.3. The number of methoxy groups -OCH3 is 1. The largest absolute Gasteiger partial charge is 0.385 e. The third-order valence-electron chi connectivity index (χ3n) is 2.07. The minimum atomic E-state index is -3.52. The van der Waals surface area contributed by atoms with Crippen LogP contribution in [0.5, 0.6) is 0 Å². The van der Waals surface area contributed by atoms with E-state index < -0.39 is 10.0 Å². The maximum atomic E-state index is 11.9. The van der Waals surface area contributed by atoms with Crippen LogP contribution in [0.25, 0.3) is 0 Å². The van der Waals surface area contributed by atoms with Crippen LogP contribution in [0.4, 0.5) is 0 Å². The molecule has 1 N–H and O–H groups in total. The Morgan fingerprint density at radius 1 is 1.59 bits per heavy atom. The number of rotatable bonds is 6. The van der Waals surface area contributed by atoms with E-state index in [1.807, 2.05) is 6.07 Å². The van der Waals surface area contributed by atoms with Crippen LogP contribution < -0.4 is 4.72 Å². The van der Waals surface area contributed by atoms with Crippen LogP contribution in [0.3, 0.4) is 0 Å².